The Morgan fingerprint density at radius 3 is 2.19 bits per heavy atom. The quantitative estimate of drug-likeness (QED) is 0.451. The van der Waals surface area contributed by atoms with Gasteiger partial charge in [-0.15, -0.1) is 0 Å². The maximum Gasteiger partial charge on any atom is 0.0207 e. The number of hydrogen-bond donors (Lipinski definition) is 1. The zero-order valence-electron chi connectivity index (χ0n) is 13.6. The maximum absolute atomic E-state index is 5.95. The molecule has 120 valence electrons. The van der Waals surface area contributed by atoms with Crippen LogP contribution in [0.15, 0.2) is 28.7 Å². The summed E-state index contributed by atoms with van der Waals surface area (Å²) in [6.45, 7) is 3.08. The van der Waals surface area contributed by atoms with Gasteiger partial charge in [-0.1, -0.05) is 92.4 Å². The molecular weight excluding hydrogens is 322 g/mol. The number of nitrogens with two attached hydrogens (primary N) is 1. The Kier molecular flexibility index (Phi) is 10.9. The largest absolute Gasteiger partial charge is 0.330 e. The smallest absolute Gasteiger partial charge is 0.0207 e. The molecule has 0 aromatic heterocycles. The fourth-order valence-corrected chi connectivity index (χ4v) is 3.29. The lowest BCUT2D eigenvalue weighted by molar-refractivity contribution is 0.454. The molecule has 0 fully saturated rings. The fraction of sp³-hybridized carbons (Fsp3) is 0.684. The average molecular weight is 354 g/mol. The van der Waals surface area contributed by atoms with Crippen LogP contribution >= 0.6 is 15.9 Å². The second-order valence-corrected chi connectivity index (χ2v) is 7.02. The molecule has 1 unspecified atom stereocenters. The summed E-state index contributed by atoms with van der Waals surface area (Å²) in [4.78, 5) is 0. The van der Waals surface area contributed by atoms with Crippen molar-refractivity contribution in [1.82, 2.24) is 0 Å². The van der Waals surface area contributed by atoms with Crippen molar-refractivity contribution >= 4 is 15.9 Å². The van der Waals surface area contributed by atoms with Crippen LogP contribution in [0, 0.1) is 5.92 Å². The Labute approximate surface area is 139 Å². The Balaban J connectivity index is 2.13. The number of unbranched alkanes of at least 4 members (excludes halogenated alkanes) is 7. The monoisotopic (exact) mass is 353 g/mol. The van der Waals surface area contributed by atoms with Crippen LogP contribution in [0.4, 0.5) is 0 Å². The zero-order chi connectivity index (χ0) is 15.3. The van der Waals surface area contributed by atoms with Gasteiger partial charge in [0.05, 0.1) is 0 Å². The first kappa shape index (κ1) is 18.7. The van der Waals surface area contributed by atoms with E-state index in [1.165, 1.54) is 67.8 Å². The summed E-state index contributed by atoms with van der Waals surface area (Å²) in [6, 6.07) is 8.52. The van der Waals surface area contributed by atoms with E-state index in [1.54, 1.807) is 0 Å². The molecule has 0 aliphatic heterocycles. The van der Waals surface area contributed by atoms with Crippen molar-refractivity contribution in [3.05, 3.63) is 34.3 Å². The van der Waals surface area contributed by atoms with Gasteiger partial charge in [-0.2, -0.15) is 0 Å². The van der Waals surface area contributed by atoms with Crippen molar-refractivity contribution in [2.45, 2.75) is 71.1 Å². The first-order chi connectivity index (χ1) is 10.3. The molecule has 1 rings (SSSR count). The van der Waals surface area contributed by atoms with Crippen LogP contribution in [0.2, 0.25) is 0 Å². The first-order valence-electron chi connectivity index (χ1n) is 8.71. The second-order valence-electron chi connectivity index (χ2n) is 6.16. The lowest BCUT2D eigenvalue weighted by Gasteiger charge is -2.15. The molecule has 0 saturated carbocycles. The minimum Gasteiger partial charge on any atom is -0.330 e. The lowest BCUT2D eigenvalue weighted by atomic mass is 9.93. The SMILES string of the molecule is CCCCCCCCCCC(CN)Cc1ccccc1Br. The molecule has 0 bridgehead atoms. The van der Waals surface area contributed by atoms with E-state index in [0.717, 1.165) is 13.0 Å². The highest BCUT2D eigenvalue weighted by Gasteiger charge is 2.09. The van der Waals surface area contributed by atoms with Crippen molar-refractivity contribution in [2.75, 3.05) is 6.54 Å². The molecule has 1 atom stereocenters. The first-order valence-corrected chi connectivity index (χ1v) is 9.50. The van der Waals surface area contributed by atoms with Crippen molar-refractivity contribution < 1.29 is 0 Å². The van der Waals surface area contributed by atoms with E-state index in [0.29, 0.717) is 5.92 Å². The summed E-state index contributed by atoms with van der Waals surface area (Å²) < 4.78 is 1.22. The average Bonchev–Trinajstić information content (AvgIpc) is 2.50. The molecule has 1 aromatic rings. The van der Waals surface area contributed by atoms with Gasteiger partial charge in [0.1, 0.15) is 0 Å². The molecule has 0 heterocycles. The van der Waals surface area contributed by atoms with Crippen LogP contribution in [0.1, 0.15) is 70.3 Å². The van der Waals surface area contributed by atoms with Gasteiger partial charge in [-0.25, -0.2) is 0 Å². The molecule has 0 spiro atoms. The fourth-order valence-electron chi connectivity index (χ4n) is 2.85. The van der Waals surface area contributed by atoms with E-state index in [4.69, 9.17) is 5.73 Å². The van der Waals surface area contributed by atoms with Crippen molar-refractivity contribution in [1.29, 1.82) is 0 Å². The van der Waals surface area contributed by atoms with Crippen molar-refractivity contribution in [2.24, 2.45) is 11.7 Å². The maximum atomic E-state index is 5.95. The number of benzene rings is 1. The van der Waals surface area contributed by atoms with Gasteiger partial charge in [0.15, 0.2) is 0 Å². The van der Waals surface area contributed by atoms with Gasteiger partial charge < -0.3 is 5.73 Å². The number of halogens is 1. The van der Waals surface area contributed by atoms with E-state index in [9.17, 15) is 0 Å². The van der Waals surface area contributed by atoms with E-state index in [2.05, 4.69) is 47.1 Å². The van der Waals surface area contributed by atoms with Crippen LogP contribution in [0.3, 0.4) is 0 Å². The summed E-state index contributed by atoms with van der Waals surface area (Å²) in [7, 11) is 0. The summed E-state index contributed by atoms with van der Waals surface area (Å²) in [6.07, 6.45) is 13.5. The Bertz CT molecular complexity index is 364. The summed E-state index contributed by atoms with van der Waals surface area (Å²) >= 11 is 3.64. The standard InChI is InChI=1S/C19H32BrN/c1-2-3-4-5-6-7-8-9-12-17(16-21)15-18-13-10-11-14-19(18)20/h10-11,13-14,17H,2-9,12,15-16,21H2,1H3. The van der Waals surface area contributed by atoms with Crippen LogP contribution in [-0.4, -0.2) is 6.54 Å². The third kappa shape index (κ3) is 8.63. The third-order valence-corrected chi connectivity index (χ3v) is 5.04. The van der Waals surface area contributed by atoms with Gasteiger partial charge in [-0.3, -0.25) is 0 Å². The summed E-state index contributed by atoms with van der Waals surface area (Å²) in [5.74, 6) is 0.629. The predicted octanol–water partition coefficient (Wildman–Crippen LogP) is 6.10. The van der Waals surface area contributed by atoms with Gasteiger partial charge in [0.25, 0.3) is 0 Å². The van der Waals surface area contributed by atoms with E-state index in [-0.39, 0.29) is 0 Å². The van der Waals surface area contributed by atoms with Crippen LogP contribution in [0.25, 0.3) is 0 Å². The van der Waals surface area contributed by atoms with E-state index < -0.39 is 0 Å². The van der Waals surface area contributed by atoms with Gasteiger partial charge in [-0.05, 0) is 36.9 Å². The molecule has 2 N–H and O–H groups in total. The van der Waals surface area contributed by atoms with Gasteiger partial charge in [0.2, 0.25) is 0 Å². The van der Waals surface area contributed by atoms with Gasteiger partial charge >= 0.3 is 0 Å². The zero-order valence-corrected chi connectivity index (χ0v) is 15.2. The summed E-state index contributed by atoms with van der Waals surface area (Å²) in [5, 5.41) is 0. The molecular formula is C19H32BrN. The Morgan fingerprint density at radius 1 is 0.952 bits per heavy atom. The van der Waals surface area contributed by atoms with E-state index in [1.807, 2.05) is 0 Å². The lowest BCUT2D eigenvalue weighted by Crippen LogP contribution is -2.17. The van der Waals surface area contributed by atoms with Crippen molar-refractivity contribution in [3.8, 4) is 0 Å². The molecule has 0 radical (unpaired) electrons. The normalized spacial score (nSPS) is 12.5. The molecule has 0 amide bonds. The molecule has 1 nitrogen and oxygen atoms in total. The van der Waals surface area contributed by atoms with Gasteiger partial charge in [0, 0.05) is 4.47 Å². The highest BCUT2D eigenvalue weighted by Crippen LogP contribution is 2.22. The van der Waals surface area contributed by atoms with Crippen LogP contribution < -0.4 is 5.73 Å². The molecule has 0 saturated heterocycles. The van der Waals surface area contributed by atoms with Crippen LogP contribution in [-0.2, 0) is 6.42 Å². The molecule has 0 aliphatic carbocycles. The molecule has 0 aliphatic rings. The highest BCUT2D eigenvalue weighted by molar-refractivity contribution is 9.10. The Morgan fingerprint density at radius 2 is 1.57 bits per heavy atom. The van der Waals surface area contributed by atoms with Crippen LogP contribution in [0.5, 0.6) is 0 Å². The summed E-state index contributed by atoms with van der Waals surface area (Å²) in [5.41, 5.74) is 7.35. The minimum atomic E-state index is 0.629. The highest BCUT2D eigenvalue weighted by atomic mass is 79.9. The Hall–Kier alpha value is -0.340. The number of hydrogen-bond acceptors (Lipinski definition) is 1. The third-order valence-electron chi connectivity index (χ3n) is 4.27. The number of rotatable bonds is 12. The second kappa shape index (κ2) is 12.2. The molecule has 2 heteroatoms. The molecule has 21 heavy (non-hydrogen) atoms. The minimum absolute atomic E-state index is 0.629. The van der Waals surface area contributed by atoms with E-state index >= 15 is 0 Å². The predicted molar refractivity (Wildman–Crippen MR) is 97.6 cm³/mol. The molecule has 1 aromatic carbocycles. The topological polar surface area (TPSA) is 26.0 Å². The van der Waals surface area contributed by atoms with Crippen molar-refractivity contribution in [3.63, 3.8) is 0 Å².